The van der Waals surface area contributed by atoms with Crippen LogP contribution in [0, 0.1) is 18.8 Å². The molecule has 0 aliphatic carbocycles. The molecule has 0 heterocycles. The number of benzene rings is 2. The second kappa shape index (κ2) is 9.19. The maximum absolute atomic E-state index is 12.8. The van der Waals surface area contributed by atoms with Gasteiger partial charge in [-0.15, -0.1) is 0 Å². The third-order valence-corrected chi connectivity index (χ3v) is 5.33. The van der Waals surface area contributed by atoms with Gasteiger partial charge in [-0.1, -0.05) is 59.9 Å². The van der Waals surface area contributed by atoms with E-state index in [1.807, 2.05) is 37.3 Å². The zero-order valence-electron chi connectivity index (χ0n) is 14.1. The van der Waals surface area contributed by atoms with Gasteiger partial charge in [0.1, 0.15) is 0 Å². The van der Waals surface area contributed by atoms with Crippen LogP contribution in [0.4, 0.5) is 0 Å². The van der Waals surface area contributed by atoms with Gasteiger partial charge in [-0.2, -0.15) is 4.31 Å². The number of aliphatic hydroxyl groups is 1. The van der Waals surface area contributed by atoms with Crippen LogP contribution in [0.1, 0.15) is 11.1 Å². The van der Waals surface area contributed by atoms with Gasteiger partial charge in [-0.3, -0.25) is 0 Å². The summed E-state index contributed by atoms with van der Waals surface area (Å²) in [6, 6.07) is 16.1. The second-order valence-electron chi connectivity index (χ2n) is 5.43. The van der Waals surface area contributed by atoms with Crippen LogP contribution in [0.2, 0.25) is 0 Å². The Balaban J connectivity index is 2.24. The van der Waals surface area contributed by atoms with Crippen molar-refractivity contribution in [3.05, 3.63) is 77.9 Å². The summed E-state index contributed by atoms with van der Waals surface area (Å²) in [6.45, 7) is 2.00. The molecular formula is C20H21NO3S. The van der Waals surface area contributed by atoms with Crippen molar-refractivity contribution in [3.63, 3.8) is 0 Å². The van der Waals surface area contributed by atoms with Crippen LogP contribution in [0.3, 0.4) is 0 Å². The number of nitrogens with zero attached hydrogens (tertiary/aromatic N) is 1. The Hall–Kier alpha value is -2.39. The molecular weight excluding hydrogens is 334 g/mol. The zero-order chi connectivity index (χ0) is 18.1. The molecule has 25 heavy (non-hydrogen) atoms. The number of aliphatic hydroxyl groups excluding tert-OH is 1. The average Bonchev–Trinajstić information content (AvgIpc) is 2.62. The molecule has 4 nitrogen and oxygen atoms in total. The van der Waals surface area contributed by atoms with E-state index in [2.05, 4.69) is 11.8 Å². The van der Waals surface area contributed by atoms with Gasteiger partial charge in [0.05, 0.1) is 18.0 Å². The van der Waals surface area contributed by atoms with E-state index in [-0.39, 0.29) is 24.6 Å². The van der Waals surface area contributed by atoms with Gasteiger partial charge in [0.15, 0.2) is 0 Å². The molecule has 130 valence electrons. The molecule has 0 saturated carbocycles. The summed E-state index contributed by atoms with van der Waals surface area (Å²) in [7, 11) is -3.65. The molecule has 0 amide bonds. The molecule has 0 spiro atoms. The quantitative estimate of drug-likeness (QED) is 0.640. The predicted molar refractivity (Wildman–Crippen MR) is 99.5 cm³/mol. The third kappa shape index (κ3) is 5.57. The lowest BCUT2D eigenvalue weighted by molar-refractivity contribution is 0.342. The topological polar surface area (TPSA) is 57.6 Å². The van der Waals surface area contributed by atoms with Crippen LogP contribution in [0.25, 0.3) is 0 Å². The van der Waals surface area contributed by atoms with E-state index in [1.165, 1.54) is 10.4 Å². The summed E-state index contributed by atoms with van der Waals surface area (Å²) >= 11 is 0. The number of sulfonamides is 1. The molecule has 0 radical (unpaired) electrons. The minimum absolute atomic E-state index is 0.0703. The summed E-state index contributed by atoms with van der Waals surface area (Å²) in [5.41, 5.74) is 1.83. The van der Waals surface area contributed by atoms with E-state index in [0.717, 1.165) is 11.1 Å². The minimum atomic E-state index is -3.65. The number of aryl methyl sites for hydroxylation is 1. The van der Waals surface area contributed by atoms with Crippen LogP contribution in [-0.2, 0) is 10.0 Å². The van der Waals surface area contributed by atoms with Crippen LogP contribution in [0.5, 0.6) is 0 Å². The predicted octanol–water partition coefficient (Wildman–Crippen LogP) is 2.59. The van der Waals surface area contributed by atoms with Gasteiger partial charge < -0.3 is 5.11 Å². The van der Waals surface area contributed by atoms with Crippen molar-refractivity contribution in [2.24, 2.45) is 0 Å². The molecule has 0 atom stereocenters. The minimum Gasteiger partial charge on any atom is -0.392 e. The number of hydrogen-bond donors (Lipinski definition) is 1. The third-order valence-electron chi connectivity index (χ3n) is 3.50. The Bertz CT molecular complexity index is 861. The maximum Gasteiger partial charge on any atom is 0.244 e. The van der Waals surface area contributed by atoms with Crippen molar-refractivity contribution in [2.45, 2.75) is 11.8 Å². The first-order valence-corrected chi connectivity index (χ1v) is 9.34. The van der Waals surface area contributed by atoms with Crippen molar-refractivity contribution in [1.82, 2.24) is 4.31 Å². The fraction of sp³-hybridized carbons (Fsp3) is 0.200. The van der Waals surface area contributed by atoms with Crippen LogP contribution in [-0.4, -0.2) is 37.5 Å². The van der Waals surface area contributed by atoms with E-state index in [0.29, 0.717) is 0 Å². The van der Waals surface area contributed by atoms with Crippen molar-refractivity contribution in [2.75, 3.05) is 19.7 Å². The fourth-order valence-corrected chi connectivity index (χ4v) is 3.42. The molecule has 2 rings (SSSR count). The Morgan fingerprint density at radius 2 is 1.72 bits per heavy atom. The molecule has 0 bridgehead atoms. The summed E-state index contributed by atoms with van der Waals surface area (Å²) in [6.07, 6.45) is 3.14. The Morgan fingerprint density at radius 1 is 1.04 bits per heavy atom. The van der Waals surface area contributed by atoms with Gasteiger partial charge in [-0.25, -0.2) is 8.42 Å². The molecule has 0 aliphatic rings. The van der Waals surface area contributed by atoms with Crippen LogP contribution < -0.4 is 0 Å². The highest BCUT2D eigenvalue weighted by Crippen LogP contribution is 2.16. The summed E-state index contributed by atoms with van der Waals surface area (Å²) in [5.74, 6) is 5.88. The molecule has 0 aromatic heterocycles. The Kier molecular flexibility index (Phi) is 6.96. The molecule has 0 unspecified atom stereocenters. The highest BCUT2D eigenvalue weighted by atomic mass is 32.2. The highest BCUT2D eigenvalue weighted by Gasteiger charge is 2.22. The molecule has 1 N–H and O–H groups in total. The molecule has 0 saturated heterocycles. The lowest BCUT2D eigenvalue weighted by Crippen LogP contribution is -2.31. The molecule has 0 fully saturated rings. The lowest BCUT2D eigenvalue weighted by atomic mass is 10.2. The van der Waals surface area contributed by atoms with Crippen molar-refractivity contribution < 1.29 is 13.5 Å². The average molecular weight is 355 g/mol. The van der Waals surface area contributed by atoms with E-state index in [9.17, 15) is 8.42 Å². The van der Waals surface area contributed by atoms with Crippen molar-refractivity contribution in [1.29, 1.82) is 0 Å². The van der Waals surface area contributed by atoms with Gasteiger partial charge in [0, 0.05) is 12.1 Å². The van der Waals surface area contributed by atoms with E-state index in [4.69, 9.17) is 5.11 Å². The van der Waals surface area contributed by atoms with Gasteiger partial charge >= 0.3 is 0 Å². The summed E-state index contributed by atoms with van der Waals surface area (Å²) in [5, 5.41) is 8.87. The summed E-state index contributed by atoms with van der Waals surface area (Å²) < 4.78 is 27.0. The van der Waals surface area contributed by atoms with Gasteiger partial charge in [0.2, 0.25) is 10.0 Å². The monoisotopic (exact) mass is 355 g/mol. The van der Waals surface area contributed by atoms with E-state index < -0.39 is 10.0 Å². The second-order valence-corrected chi connectivity index (χ2v) is 7.37. The van der Waals surface area contributed by atoms with Crippen molar-refractivity contribution in [3.8, 4) is 11.8 Å². The largest absolute Gasteiger partial charge is 0.392 e. The van der Waals surface area contributed by atoms with Crippen molar-refractivity contribution >= 4 is 10.0 Å². The first-order chi connectivity index (χ1) is 12.0. The van der Waals surface area contributed by atoms with Gasteiger partial charge in [0.25, 0.3) is 0 Å². The lowest BCUT2D eigenvalue weighted by Gasteiger charge is -2.18. The van der Waals surface area contributed by atoms with Crippen LogP contribution >= 0.6 is 0 Å². The first kappa shape index (κ1) is 18.9. The molecule has 0 aliphatic heterocycles. The summed E-state index contributed by atoms with van der Waals surface area (Å²) in [4.78, 5) is 0.233. The van der Waals surface area contributed by atoms with Gasteiger partial charge in [-0.05, 0) is 31.2 Å². The molecule has 2 aromatic rings. The fourth-order valence-electron chi connectivity index (χ4n) is 2.12. The number of hydrogen-bond acceptors (Lipinski definition) is 3. The highest BCUT2D eigenvalue weighted by molar-refractivity contribution is 7.89. The first-order valence-electron chi connectivity index (χ1n) is 7.90. The molecule has 5 heteroatoms. The molecule has 2 aromatic carbocycles. The smallest absolute Gasteiger partial charge is 0.244 e. The maximum atomic E-state index is 12.8. The Labute approximate surface area is 149 Å². The standard InChI is InChI=1S/C20H21NO3S/c1-18-11-13-20(14-12-18)25(23,24)21(15-5-6-17-22)16-7-10-19-8-3-2-4-9-19/h2-6,8-9,11-14,22H,15-17H2,1H3/b6-5-. The Morgan fingerprint density at radius 3 is 2.36 bits per heavy atom. The van der Waals surface area contributed by atoms with Crippen LogP contribution in [0.15, 0.2) is 71.6 Å². The SMILES string of the molecule is Cc1ccc(S(=O)(=O)N(CC#Cc2ccccc2)C/C=C\CO)cc1. The normalized spacial score (nSPS) is 11.5. The van der Waals surface area contributed by atoms with E-state index in [1.54, 1.807) is 30.3 Å². The van der Waals surface area contributed by atoms with E-state index >= 15 is 0 Å². The zero-order valence-corrected chi connectivity index (χ0v) is 14.9. The number of rotatable bonds is 6.